The van der Waals surface area contributed by atoms with Crippen LogP contribution in [0.2, 0.25) is 0 Å². The van der Waals surface area contributed by atoms with Gasteiger partial charge in [-0.05, 0) is 78.5 Å². The lowest BCUT2D eigenvalue weighted by atomic mass is 9.78. The van der Waals surface area contributed by atoms with Crippen LogP contribution in [0, 0.1) is 18.3 Å². The van der Waals surface area contributed by atoms with Gasteiger partial charge in [0.1, 0.15) is 5.54 Å². The van der Waals surface area contributed by atoms with E-state index in [1.807, 2.05) is 35.2 Å². The quantitative estimate of drug-likeness (QED) is 0.197. The van der Waals surface area contributed by atoms with E-state index in [4.69, 9.17) is 4.74 Å². The number of para-hydroxylation sites is 1. The Bertz CT molecular complexity index is 1720. The number of H-pyrrole nitrogens is 1. The Morgan fingerprint density at radius 3 is 2.32 bits per heavy atom. The van der Waals surface area contributed by atoms with Gasteiger partial charge in [0.2, 0.25) is 11.8 Å². The minimum absolute atomic E-state index is 0.0198. The highest BCUT2D eigenvalue weighted by Gasteiger charge is 2.60. The van der Waals surface area contributed by atoms with Crippen LogP contribution in [0.15, 0.2) is 78.9 Å². The summed E-state index contributed by atoms with van der Waals surface area (Å²) in [5.74, 6) is 0.483. The summed E-state index contributed by atoms with van der Waals surface area (Å²) in [6, 6.07) is 26.8. The van der Waals surface area contributed by atoms with Gasteiger partial charge in [0, 0.05) is 54.0 Å². The highest BCUT2D eigenvalue weighted by molar-refractivity contribution is 6.01. The number of aromatic nitrogens is 1. The fourth-order valence-electron chi connectivity index (χ4n) is 8.52. The number of nitrogens with one attached hydrogen (secondary N) is 2. The summed E-state index contributed by atoms with van der Waals surface area (Å²) < 4.78 is 5.51. The van der Waals surface area contributed by atoms with Crippen molar-refractivity contribution in [2.75, 3.05) is 36.5 Å². The van der Waals surface area contributed by atoms with Crippen LogP contribution < -0.4 is 10.2 Å². The molecule has 2 atom stereocenters. The van der Waals surface area contributed by atoms with Crippen LogP contribution in [0.25, 0.3) is 10.9 Å². The summed E-state index contributed by atoms with van der Waals surface area (Å²) in [6.45, 7) is 10.4. The minimum Gasteiger partial charge on any atom is -0.378 e. The van der Waals surface area contributed by atoms with Gasteiger partial charge in [0.05, 0.1) is 13.2 Å². The molecule has 2 saturated carbocycles. The standard InChI is InChI=1S/C40H48N4O3/c1-28-36(32-14-8-9-15-34(32)41-28)37-33(39(37,2)3)26-35(45)44(27-29-12-6-4-7-13-29)40(20-10-5-11-21-40)38(46)42-30-16-18-31(19-17-30)43-22-24-47-25-23-43/h4,6-9,12-19,33,37,41H,5,10-11,20-27H2,1-3H3,(H,42,46)/t33-,37+/m0/s1. The second kappa shape index (κ2) is 12.8. The van der Waals surface area contributed by atoms with Crippen LogP contribution in [0.5, 0.6) is 0 Å². The number of anilines is 2. The van der Waals surface area contributed by atoms with Gasteiger partial charge in [0.25, 0.3) is 0 Å². The molecule has 3 aliphatic rings. The maximum absolute atomic E-state index is 14.8. The van der Waals surface area contributed by atoms with Crippen LogP contribution >= 0.6 is 0 Å². The van der Waals surface area contributed by atoms with Crippen molar-refractivity contribution in [3.63, 3.8) is 0 Å². The number of carbonyl (C=O) groups is 2. The predicted octanol–water partition coefficient (Wildman–Crippen LogP) is 7.81. The monoisotopic (exact) mass is 632 g/mol. The third-order valence-electron chi connectivity index (χ3n) is 11.3. The third kappa shape index (κ3) is 6.06. The maximum Gasteiger partial charge on any atom is 0.250 e. The maximum atomic E-state index is 14.8. The summed E-state index contributed by atoms with van der Waals surface area (Å²) in [6.07, 6.45) is 4.69. The van der Waals surface area contributed by atoms with E-state index in [1.165, 1.54) is 16.6 Å². The van der Waals surface area contributed by atoms with Crippen molar-refractivity contribution in [2.24, 2.45) is 11.3 Å². The van der Waals surface area contributed by atoms with Crippen LogP contribution in [-0.4, -0.2) is 53.5 Å². The predicted molar refractivity (Wildman–Crippen MR) is 189 cm³/mol. The Morgan fingerprint density at radius 2 is 1.60 bits per heavy atom. The van der Waals surface area contributed by atoms with Crippen molar-refractivity contribution in [1.82, 2.24) is 9.88 Å². The van der Waals surface area contributed by atoms with E-state index in [0.717, 1.165) is 68.0 Å². The molecular weight excluding hydrogens is 584 g/mol. The summed E-state index contributed by atoms with van der Waals surface area (Å²) in [5, 5.41) is 4.52. The molecule has 2 amide bonds. The van der Waals surface area contributed by atoms with Gasteiger partial charge in [-0.15, -0.1) is 0 Å². The summed E-state index contributed by atoms with van der Waals surface area (Å²) in [5.41, 5.74) is 5.69. The van der Waals surface area contributed by atoms with Crippen molar-refractivity contribution in [2.45, 2.75) is 77.3 Å². The Labute approximate surface area is 278 Å². The average Bonchev–Trinajstić information content (AvgIpc) is 3.44. The van der Waals surface area contributed by atoms with Gasteiger partial charge < -0.3 is 24.8 Å². The molecule has 0 unspecified atom stereocenters. The molecule has 1 saturated heterocycles. The molecule has 3 fully saturated rings. The highest BCUT2D eigenvalue weighted by atomic mass is 16.5. The highest BCUT2D eigenvalue weighted by Crippen LogP contribution is 2.67. The normalized spacial score (nSPS) is 21.7. The zero-order chi connectivity index (χ0) is 32.6. The Hall–Kier alpha value is -4.10. The Balaban J connectivity index is 1.17. The lowest BCUT2D eigenvalue weighted by Crippen LogP contribution is -2.59. The summed E-state index contributed by atoms with van der Waals surface area (Å²) in [7, 11) is 0. The summed E-state index contributed by atoms with van der Waals surface area (Å²) >= 11 is 0. The van der Waals surface area contributed by atoms with Crippen molar-refractivity contribution < 1.29 is 14.3 Å². The number of benzene rings is 3. The first kappa shape index (κ1) is 31.5. The van der Waals surface area contributed by atoms with E-state index >= 15 is 0 Å². The zero-order valence-corrected chi connectivity index (χ0v) is 28.1. The van der Waals surface area contributed by atoms with Gasteiger partial charge in [-0.25, -0.2) is 0 Å². The molecule has 4 aromatic rings. The molecule has 2 N–H and O–H groups in total. The minimum atomic E-state index is -0.903. The van der Waals surface area contributed by atoms with E-state index < -0.39 is 5.54 Å². The van der Waals surface area contributed by atoms with Crippen molar-refractivity contribution in [3.05, 3.63) is 95.7 Å². The van der Waals surface area contributed by atoms with E-state index in [-0.39, 0.29) is 29.1 Å². The molecule has 1 aromatic heterocycles. The topological polar surface area (TPSA) is 77.7 Å². The third-order valence-corrected chi connectivity index (χ3v) is 11.3. The van der Waals surface area contributed by atoms with Gasteiger partial charge >= 0.3 is 0 Å². The first-order valence-corrected chi connectivity index (χ1v) is 17.4. The smallest absolute Gasteiger partial charge is 0.250 e. The lowest BCUT2D eigenvalue weighted by molar-refractivity contribution is -0.149. The van der Waals surface area contributed by atoms with Crippen LogP contribution in [0.3, 0.4) is 0 Å². The van der Waals surface area contributed by atoms with Crippen molar-refractivity contribution in [3.8, 4) is 0 Å². The van der Waals surface area contributed by atoms with Gasteiger partial charge in [0.15, 0.2) is 0 Å². The first-order valence-electron chi connectivity index (χ1n) is 17.4. The Kier molecular flexibility index (Phi) is 8.60. The molecule has 1 aliphatic heterocycles. The molecule has 246 valence electrons. The molecule has 7 rings (SSSR count). The van der Waals surface area contributed by atoms with Crippen LogP contribution in [-0.2, 0) is 20.9 Å². The molecule has 7 nitrogen and oxygen atoms in total. The molecule has 0 spiro atoms. The fraction of sp³-hybridized carbons (Fsp3) is 0.450. The molecule has 2 heterocycles. The lowest BCUT2D eigenvalue weighted by Gasteiger charge is -2.45. The molecule has 0 bridgehead atoms. The number of nitrogens with zero attached hydrogens (tertiary/aromatic N) is 2. The number of amides is 2. The van der Waals surface area contributed by atoms with E-state index in [0.29, 0.717) is 25.8 Å². The van der Waals surface area contributed by atoms with Crippen molar-refractivity contribution >= 4 is 34.1 Å². The average molecular weight is 633 g/mol. The molecule has 3 aromatic carbocycles. The van der Waals surface area contributed by atoms with E-state index in [2.05, 4.69) is 84.5 Å². The Morgan fingerprint density at radius 1 is 0.915 bits per heavy atom. The van der Waals surface area contributed by atoms with Gasteiger partial charge in [-0.1, -0.05) is 81.6 Å². The number of morpholine rings is 1. The number of aryl methyl sites for hydroxylation is 1. The number of rotatable bonds is 9. The zero-order valence-electron chi connectivity index (χ0n) is 28.1. The van der Waals surface area contributed by atoms with Crippen LogP contribution in [0.4, 0.5) is 11.4 Å². The number of carbonyl (C=O) groups excluding carboxylic acids is 2. The second-order valence-corrected chi connectivity index (χ2v) is 14.5. The van der Waals surface area contributed by atoms with E-state index in [9.17, 15) is 9.59 Å². The number of aromatic amines is 1. The molecule has 0 radical (unpaired) electrons. The number of hydrogen-bond acceptors (Lipinski definition) is 4. The molecular formula is C40H48N4O3. The van der Waals surface area contributed by atoms with Crippen LogP contribution in [0.1, 0.15) is 75.1 Å². The van der Waals surface area contributed by atoms with Crippen molar-refractivity contribution in [1.29, 1.82) is 0 Å². The number of fused-ring (bicyclic) bond motifs is 1. The number of hydrogen-bond donors (Lipinski definition) is 2. The molecule has 2 aliphatic carbocycles. The first-order chi connectivity index (χ1) is 22.8. The van der Waals surface area contributed by atoms with E-state index in [1.54, 1.807) is 0 Å². The second-order valence-electron chi connectivity index (χ2n) is 14.5. The molecule has 7 heteroatoms. The summed E-state index contributed by atoms with van der Waals surface area (Å²) in [4.78, 5) is 37.1. The van der Waals surface area contributed by atoms with Gasteiger partial charge in [-0.3, -0.25) is 9.59 Å². The van der Waals surface area contributed by atoms with Gasteiger partial charge in [-0.2, -0.15) is 0 Å². The fourth-order valence-corrected chi connectivity index (χ4v) is 8.52. The SMILES string of the molecule is Cc1[nH]c2ccccc2c1[C@H]1[C@H](CC(=O)N(Cc2ccccc2)C2(C(=O)Nc3ccc(N4CCOCC4)cc3)CCCCC2)C1(C)C. The largest absolute Gasteiger partial charge is 0.378 e. The molecule has 47 heavy (non-hydrogen) atoms. The number of ether oxygens (including phenoxy) is 1.